The summed E-state index contributed by atoms with van der Waals surface area (Å²) in [7, 11) is 1.54. The molecule has 4 aromatic heterocycles. The Morgan fingerprint density at radius 1 is 0.629 bits per heavy atom. The van der Waals surface area contributed by atoms with Crippen LogP contribution in [0.5, 0.6) is 34.8 Å². The second-order valence-electron chi connectivity index (χ2n) is 16.9. The number of ether oxygens (including phenoxy) is 6. The molecule has 2 amide bonds. The van der Waals surface area contributed by atoms with E-state index in [9.17, 15) is 27.2 Å². The van der Waals surface area contributed by atoms with Gasteiger partial charge in [-0.2, -0.15) is 0 Å². The number of nitrogens with one attached hydrogen (secondary N) is 2. The van der Waals surface area contributed by atoms with Gasteiger partial charge in [-0.05, 0) is 141 Å². The smallest absolute Gasteiger partial charge is 0.481 e. The maximum Gasteiger partial charge on any atom is 0.586 e. The molecule has 0 spiro atoms. The molecule has 364 valence electrons. The molecule has 22 heteroatoms. The molecule has 2 saturated carbocycles. The van der Waals surface area contributed by atoms with Crippen LogP contribution in [0.15, 0.2) is 85.2 Å². The fraction of sp³-hybridized carbons (Fsp3) is 0.292. The van der Waals surface area contributed by atoms with Crippen molar-refractivity contribution < 1.29 is 65.6 Å². The third-order valence-electron chi connectivity index (χ3n) is 12.2. The Bertz CT molecular complexity index is 2990. The Kier molecular flexibility index (Phi) is 13.3. The number of anilines is 2. The highest BCUT2D eigenvalue weighted by atomic mass is 35.5. The van der Waals surface area contributed by atoms with Crippen LogP contribution in [0.4, 0.5) is 29.2 Å². The number of halogens is 5. The number of hydrogen-bond donors (Lipinski definition) is 4. The molecule has 0 unspecified atom stereocenters. The van der Waals surface area contributed by atoms with E-state index in [0.717, 1.165) is 27.8 Å². The molecule has 0 bridgehead atoms. The van der Waals surface area contributed by atoms with E-state index in [1.807, 2.05) is 39.8 Å². The zero-order chi connectivity index (χ0) is 50.3. The largest absolute Gasteiger partial charge is 0.586 e. The van der Waals surface area contributed by atoms with Crippen LogP contribution in [0.3, 0.4) is 0 Å². The van der Waals surface area contributed by atoms with Crippen LogP contribution >= 0.6 is 11.6 Å². The van der Waals surface area contributed by atoms with Crippen molar-refractivity contribution >= 4 is 47.6 Å². The number of carbonyl (C=O) groups excluding carboxylic acids is 2. The van der Waals surface area contributed by atoms with Crippen LogP contribution in [0, 0.1) is 27.7 Å². The molecule has 0 atom stereocenters. The summed E-state index contributed by atoms with van der Waals surface area (Å²) in [5.41, 5.74) is 5.18. The summed E-state index contributed by atoms with van der Waals surface area (Å²) in [5.74, 6) is 0.868. The molecule has 2 fully saturated rings. The van der Waals surface area contributed by atoms with Crippen molar-refractivity contribution in [3.05, 3.63) is 124 Å². The number of hydrogen-bond acceptors (Lipinski definition) is 14. The standard InChI is InChI=1S/C24H21F2N3O4.C18H15ClF2N2O3.C6H8BNO3/c1-13-10-19(28-21(14(13)2)15-6-9-27-20(11-15)31-3)29-22(30)23(7-8-23)16-4-5-17-18(12-16)33-24(25,26)32-17;1-9-7-14(22-15(19)10(9)2)23-16(24)17(5-6-17)11-3-4-12-13(8-11)26-18(20,21)25-12;1-11-6-4-5(7(9)10)2-3-8-6/h4-6,9-12H,7-8H2,1-3H3,(H,28,29,30);3-4,7-8H,5-6H2,1-2H3,(H,22,23,24);2-4,9-10H,1H3. The molecule has 0 saturated heterocycles. The normalized spacial score (nSPS) is 16.3. The summed E-state index contributed by atoms with van der Waals surface area (Å²) >= 11 is 6.08. The number of aromatic nitrogens is 4. The molecule has 4 N–H and O–H groups in total. The molecule has 2 aliphatic carbocycles. The van der Waals surface area contributed by atoms with E-state index in [4.69, 9.17) is 31.1 Å². The second kappa shape index (κ2) is 18.9. The van der Waals surface area contributed by atoms with Crippen molar-refractivity contribution in [2.45, 2.75) is 76.8 Å². The summed E-state index contributed by atoms with van der Waals surface area (Å²) in [6, 6.07) is 19.0. The van der Waals surface area contributed by atoms with E-state index < -0.39 is 30.5 Å². The summed E-state index contributed by atoms with van der Waals surface area (Å²) in [5, 5.41) is 23.5. The number of methoxy groups -OCH3 is 2. The third kappa shape index (κ3) is 10.4. The first-order valence-electron chi connectivity index (χ1n) is 21.6. The lowest BCUT2D eigenvalue weighted by Gasteiger charge is -2.17. The minimum Gasteiger partial charge on any atom is -0.481 e. The van der Waals surface area contributed by atoms with Gasteiger partial charge in [0.2, 0.25) is 23.6 Å². The van der Waals surface area contributed by atoms with Crippen LogP contribution in [0.25, 0.3) is 11.3 Å². The molecular weight excluding hydrogens is 943 g/mol. The quantitative estimate of drug-likeness (QED) is 0.0586. The molecular formula is C48H44BClF4N6O10. The Morgan fingerprint density at radius 3 is 1.56 bits per heavy atom. The highest BCUT2D eigenvalue weighted by Gasteiger charge is 2.54. The van der Waals surface area contributed by atoms with Crippen molar-refractivity contribution in [2.75, 3.05) is 24.9 Å². The summed E-state index contributed by atoms with van der Waals surface area (Å²) in [6.45, 7) is 7.63. The first-order chi connectivity index (χ1) is 33.1. The van der Waals surface area contributed by atoms with Gasteiger partial charge in [0.05, 0.1) is 30.7 Å². The predicted octanol–water partition coefficient (Wildman–Crippen LogP) is 7.87. The Labute approximate surface area is 403 Å². The molecule has 16 nitrogen and oxygen atoms in total. The first kappa shape index (κ1) is 49.2. The van der Waals surface area contributed by atoms with Crippen molar-refractivity contribution in [1.29, 1.82) is 0 Å². The van der Waals surface area contributed by atoms with E-state index >= 15 is 0 Å². The SMILES string of the molecule is COc1cc(-c2nc(NC(=O)C3(c4ccc5c(c4)OC(F)(F)O5)CC3)cc(C)c2C)ccn1.COc1cc(B(O)O)ccn1.Cc1cc(NC(=O)C2(c3ccc4c(c3)OC(F)(F)O4)CC2)nc(Cl)c1C. The topological polar surface area (TPSA) is 206 Å². The lowest BCUT2D eigenvalue weighted by atomic mass is 9.81. The highest BCUT2D eigenvalue weighted by molar-refractivity contribution is 6.58. The number of nitrogens with zero attached hydrogens (tertiary/aromatic N) is 4. The number of fused-ring (bicyclic) bond motifs is 2. The molecule has 6 aromatic rings. The molecule has 2 aromatic carbocycles. The number of alkyl halides is 4. The summed E-state index contributed by atoms with van der Waals surface area (Å²) in [4.78, 5) is 42.9. The maximum atomic E-state index is 13.4. The zero-order valence-electron chi connectivity index (χ0n) is 38.3. The van der Waals surface area contributed by atoms with Gasteiger partial charge >= 0.3 is 19.7 Å². The second-order valence-corrected chi connectivity index (χ2v) is 17.2. The van der Waals surface area contributed by atoms with E-state index in [1.54, 1.807) is 37.6 Å². The predicted molar refractivity (Wildman–Crippen MR) is 247 cm³/mol. The lowest BCUT2D eigenvalue weighted by Crippen LogP contribution is -2.29. The van der Waals surface area contributed by atoms with Gasteiger partial charge in [-0.3, -0.25) is 9.59 Å². The Balaban J connectivity index is 0.000000158. The molecule has 2 aliphatic heterocycles. The van der Waals surface area contributed by atoms with Crippen LogP contribution in [0.1, 0.15) is 59.1 Å². The van der Waals surface area contributed by atoms with Gasteiger partial charge in [-0.15, -0.1) is 17.6 Å². The summed E-state index contributed by atoms with van der Waals surface area (Å²) in [6.07, 6.45) is -1.90. The van der Waals surface area contributed by atoms with Crippen LogP contribution in [0.2, 0.25) is 5.15 Å². The average molecular weight is 987 g/mol. The lowest BCUT2D eigenvalue weighted by molar-refractivity contribution is -0.287. The zero-order valence-corrected chi connectivity index (χ0v) is 39.1. The number of pyridine rings is 4. The van der Waals surface area contributed by atoms with Gasteiger partial charge in [0.1, 0.15) is 16.8 Å². The van der Waals surface area contributed by atoms with Crippen molar-refractivity contribution in [1.82, 2.24) is 19.9 Å². The first-order valence-corrected chi connectivity index (χ1v) is 21.9. The number of rotatable bonds is 10. The number of benzene rings is 2. The molecule has 10 rings (SSSR count). The Hall–Kier alpha value is -7.23. The number of carbonyl (C=O) groups is 2. The van der Waals surface area contributed by atoms with E-state index in [0.29, 0.717) is 76.5 Å². The number of aryl methyl sites for hydroxylation is 2. The minimum absolute atomic E-state index is 0.0439. The minimum atomic E-state index is -3.70. The van der Waals surface area contributed by atoms with Crippen LogP contribution in [-0.4, -0.2) is 75.7 Å². The Morgan fingerprint density at radius 2 is 1.09 bits per heavy atom. The monoisotopic (exact) mass is 986 g/mol. The fourth-order valence-corrected chi connectivity index (χ4v) is 7.96. The molecule has 6 heterocycles. The summed E-state index contributed by atoms with van der Waals surface area (Å²) < 4.78 is 81.0. The van der Waals surface area contributed by atoms with Crippen molar-refractivity contribution in [3.63, 3.8) is 0 Å². The van der Waals surface area contributed by atoms with E-state index in [-0.39, 0.29) is 34.8 Å². The average Bonchev–Trinajstić information content (AvgIpc) is 4.25. The van der Waals surface area contributed by atoms with Gasteiger partial charge in [0.15, 0.2) is 23.0 Å². The van der Waals surface area contributed by atoms with Gasteiger partial charge < -0.3 is 49.1 Å². The molecule has 4 aliphatic rings. The highest BCUT2D eigenvalue weighted by Crippen LogP contribution is 2.54. The van der Waals surface area contributed by atoms with Crippen LogP contribution < -0.4 is 44.5 Å². The molecule has 0 radical (unpaired) electrons. The van der Waals surface area contributed by atoms with Gasteiger partial charge in [-0.1, -0.05) is 23.7 Å². The van der Waals surface area contributed by atoms with Gasteiger partial charge in [-0.25, -0.2) is 19.9 Å². The number of amides is 2. The van der Waals surface area contributed by atoms with Gasteiger partial charge in [0.25, 0.3) is 0 Å². The van der Waals surface area contributed by atoms with Gasteiger partial charge in [0, 0.05) is 30.1 Å². The molecule has 70 heavy (non-hydrogen) atoms. The van der Waals surface area contributed by atoms with Crippen molar-refractivity contribution in [2.24, 2.45) is 0 Å². The van der Waals surface area contributed by atoms with E-state index in [1.165, 1.54) is 49.7 Å². The third-order valence-corrected chi connectivity index (χ3v) is 12.6. The van der Waals surface area contributed by atoms with Crippen LogP contribution in [-0.2, 0) is 20.4 Å². The van der Waals surface area contributed by atoms with E-state index in [2.05, 4.69) is 49.5 Å². The maximum absolute atomic E-state index is 13.4. The fourth-order valence-electron chi connectivity index (χ4n) is 7.72. The van der Waals surface area contributed by atoms with Crippen molar-refractivity contribution in [3.8, 4) is 46.0 Å².